The lowest BCUT2D eigenvalue weighted by Gasteiger charge is -2.08. The van der Waals surface area contributed by atoms with Crippen LogP contribution in [0, 0.1) is 6.92 Å². The molecule has 0 saturated heterocycles. The molecular weight excluding hydrogens is 368 g/mol. The van der Waals surface area contributed by atoms with Crippen LogP contribution >= 0.6 is 0 Å². The number of pyridine rings is 1. The topological polar surface area (TPSA) is 78.0 Å². The average molecular weight is 388 g/mol. The molecule has 2 aromatic heterocycles. The van der Waals surface area contributed by atoms with E-state index in [4.69, 9.17) is 0 Å². The first kappa shape index (κ1) is 18.5. The maximum Gasteiger partial charge on any atom is 0.295 e. The number of carbonyl (C=O) groups is 1. The summed E-state index contributed by atoms with van der Waals surface area (Å²) in [5.41, 5.74) is 0.961. The van der Waals surface area contributed by atoms with Gasteiger partial charge in [0.15, 0.2) is 0 Å². The summed E-state index contributed by atoms with van der Waals surface area (Å²) in [5, 5.41) is 4.05. The molecule has 0 saturated carbocycles. The van der Waals surface area contributed by atoms with Crippen LogP contribution in [-0.2, 0) is 18.4 Å². The van der Waals surface area contributed by atoms with E-state index in [0.717, 1.165) is 5.39 Å². The van der Waals surface area contributed by atoms with Gasteiger partial charge in [-0.05, 0) is 36.6 Å². The summed E-state index contributed by atoms with van der Waals surface area (Å²) >= 11 is 0. The number of nitrogens with one attached hydrogen (secondary N) is 1. The summed E-state index contributed by atoms with van der Waals surface area (Å²) in [6.45, 7) is 1.58. The minimum atomic E-state index is -0.437. The summed E-state index contributed by atoms with van der Waals surface area (Å²) in [5.74, 6) is -0.437. The van der Waals surface area contributed by atoms with Crippen LogP contribution in [-0.4, -0.2) is 19.8 Å². The second kappa shape index (κ2) is 7.27. The third-order valence-corrected chi connectivity index (χ3v) is 5.02. The van der Waals surface area contributed by atoms with Crippen LogP contribution in [0.4, 0.5) is 5.69 Å². The van der Waals surface area contributed by atoms with Crippen molar-refractivity contribution in [3.8, 4) is 5.69 Å². The van der Waals surface area contributed by atoms with E-state index in [1.54, 1.807) is 43.0 Å². The van der Waals surface area contributed by atoms with Crippen LogP contribution in [0.1, 0.15) is 5.69 Å². The van der Waals surface area contributed by atoms with E-state index in [-0.39, 0.29) is 23.4 Å². The molecule has 0 aliphatic carbocycles. The highest BCUT2D eigenvalue weighted by Gasteiger charge is 2.18. The first-order valence-corrected chi connectivity index (χ1v) is 9.19. The van der Waals surface area contributed by atoms with E-state index in [1.165, 1.54) is 9.25 Å². The molecule has 1 amide bonds. The van der Waals surface area contributed by atoms with Gasteiger partial charge in [-0.3, -0.25) is 19.1 Å². The minimum Gasteiger partial charge on any atom is -0.318 e. The van der Waals surface area contributed by atoms with E-state index < -0.39 is 5.91 Å². The largest absolute Gasteiger partial charge is 0.318 e. The van der Waals surface area contributed by atoms with Crippen LogP contribution in [0.25, 0.3) is 16.5 Å². The van der Waals surface area contributed by atoms with E-state index in [2.05, 4.69) is 5.32 Å². The van der Waals surface area contributed by atoms with Crippen molar-refractivity contribution in [3.63, 3.8) is 0 Å². The Balaban J connectivity index is 1.64. The van der Waals surface area contributed by atoms with Gasteiger partial charge in [0.05, 0.1) is 11.4 Å². The molecule has 7 nitrogen and oxygen atoms in total. The van der Waals surface area contributed by atoms with E-state index in [1.807, 2.05) is 42.5 Å². The lowest BCUT2D eigenvalue weighted by molar-refractivity contribution is -0.116. The molecule has 146 valence electrons. The van der Waals surface area contributed by atoms with E-state index >= 15 is 0 Å². The summed E-state index contributed by atoms with van der Waals surface area (Å²) in [4.78, 5) is 38.1. The number of anilines is 1. The number of benzene rings is 2. The number of carbonyl (C=O) groups excluding carboxylic acids is 1. The monoisotopic (exact) mass is 388 g/mol. The zero-order valence-corrected chi connectivity index (χ0v) is 16.1. The molecule has 4 rings (SSSR count). The van der Waals surface area contributed by atoms with Crippen molar-refractivity contribution in [3.05, 3.63) is 93.3 Å². The number of para-hydroxylation sites is 1. The molecule has 0 fully saturated rings. The number of hydrogen-bond donors (Lipinski definition) is 1. The molecule has 7 heteroatoms. The summed E-state index contributed by atoms with van der Waals surface area (Å²) in [7, 11) is 1.76. The molecule has 0 aliphatic rings. The van der Waals surface area contributed by atoms with Gasteiger partial charge in [-0.2, -0.15) is 0 Å². The summed E-state index contributed by atoms with van der Waals surface area (Å²) in [6.07, 6.45) is 1.59. The third kappa shape index (κ3) is 3.27. The fraction of sp³-hybridized carbons (Fsp3) is 0.136. The summed E-state index contributed by atoms with van der Waals surface area (Å²) in [6, 6.07) is 18.2. The standard InChI is InChI=1S/C22H20N4O3/c1-15-20(22(29)26(24(15)2)17-9-4-3-5-10-17)23-19(27)14-25-13-12-16-8-6-7-11-18(16)21(25)28/h3-13H,14H2,1-2H3,(H,23,27). The van der Waals surface area contributed by atoms with Gasteiger partial charge in [0.2, 0.25) is 5.91 Å². The predicted molar refractivity (Wildman–Crippen MR) is 113 cm³/mol. The quantitative estimate of drug-likeness (QED) is 0.583. The summed E-state index contributed by atoms with van der Waals surface area (Å²) < 4.78 is 4.52. The second-order valence-corrected chi connectivity index (χ2v) is 6.82. The maximum absolute atomic E-state index is 12.9. The smallest absolute Gasteiger partial charge is 0.295 e. The zero-order valence-electron chi connectivity index (χ0n) is 16.1. The number of fused-ring (bicyclic) bond motifs is 1. The number of nitrogens with zero attached hydrogens (tertiary/aromatic N) is 3. The van der Waals surface area contributed by atoms with Crippen molar-refractivity contribution in [2.24, 2.45) is 7.05 Å². The lowest BCUT2D eigenvalue weighted by atomic mass is 10.2. The molecular formula is C22H20N4O3. The molecule has 4 aromatic rings. The highest BCUT2D eigenvalue weighted by atomic mass is 16.2. The molecule has 0 atom stereocenters. The van der Waals surface area contributed by atoms with Gasteiger partial charge in [-0.15, -0.1) is 0 Å². The Hall–Kier alpha value is -3.87. The van der Waals surface area contributed by atoms with Gasteiger partial charge in [-0.1, -0.05) is 36.4 Å². The van der Waals surface area contributed by atoms with Gasteiger partial charge < -0.3 is 9.88 Å². The molecule has 2 aromatic carbocycles. The van der Waals surface area contributed by atoms with E-state index in [9.17, 15) is 14.4 Å². The first-order chi connectivity index (χ1) is 14.0. The van der Waals surface area contributed by atoms with Crippen LogP contribution in [0.15, 0.2) is 76.4 Å². The van der Waals surface area contributed by atoms with Gasteiger partial charge in [0, 0.05) is 18.6 Å². The van der Waals surface area contributed by atoms with Crippen LogP contribution in [0.2, 0.25) is 0 Å². The van der Waals surface area contributed by atoms with Gasteiger partial charge in [-0.25, -0.2) is 4.68 Å². The molecule has 29 heavy (non-hydrogen) atoms. The number of rotatable bonds is 4. The average Bonchev–Trinajstić information content (AvgIpc) is 2.94. The molecule has 0 aliphatic heterocycles. The molecule has 1 N–H and O–H groups in total. The van der Waals surface area contributed by atoms with Crippen molar-refractivity contribution in [1.29, 1.82) is 0 Å². The highest BCUT2D eigenvalue weighted by Crippen LogP contribution is 2.14. The molecule has 0 spiro atoms. The molecule has 0 bridgehead atoms. The highest BCUT2D eigenvalue weighted by molar-refractivity contribution is 5.91. The van der Waals surface area contributed by atoms with Crippen LogP contribution in [0.3, 0.4) is 0 Å². The van der Waals surface area contributed by atoms with E-state index in [0.29, 0.717) is 16.8 Å². The Morgan fingerprint density at radius 2 is 1.62 bits per heavy atom. The maximum atomic E-state index is 12.9. The number of hydrogen-bond acceptors (Lipinski definition) is 3. The van der Waals surface area contributed by atoms with Crippen molar-refractivity contribution in [2.75, 3.05) is 5.32 Å². The SMILES string of the molecule is Cc1c(NC(=O)Cn2ccc3ccccc3c2=O)c(=O)n(-c2ccccc2)n1C. The fourth-order valence-corrected chi connectivity index (χ4v) is 3.40. The van der Waals surface area contributed by atoms with Crippen LogP contribution in [0.5, 0.6) is 0 Å². The molecule has 2 heterocycles. The molecule has 0 unspecified atom stereocenters. The third-order valence-electron chi connectivity index (χ3n) is 5.02. The van der Waals surface area contributed by atoms with Gasteiger partial charge in [0.25, 0.3) is 11.1 Å². The normalized spacial score (nSPS) is 11.0. The number of amides is 1. The second-order valence-electron chi connectivity index (χ2n) is 6.82. The Bertz CT molecular complexity index is 1330. The lowest BCUT2D eigenvalue weighted by Crippen LogP contribution is -2.29. The Morgan fingerprint density at radius 1 is 0.931 bits per heavy atom. The minimum absolute atomic E-state index is 0.178. The van der Waals surface area contributed by atoms with Crippen LogP contribution < -0.4 is 16.4 Å². The Kier molecular flexibility index (Phi) is 4.64. The van der Waals surface area contributed by atoms with Crippen molar-refractivity contribution in [1.82, 2.24) is 13.9 Å². The van der Waals surface area contributed by atoms with Crippen molar-refractivity contribution >= 4 is 22.4 Å². The molecule has 0 radical (unpaired) electrons. The first-order valence-electron chi connectivity index (χ1n) is 9.19. The predicted octanol–water partition coefficient (Wildman–Crippen LogP) is 2.44. The Labute approximate surface area is 166 Å². The van der Waals surface area contributed by atoms with Gasteiger partial charge >= 0.3 is 0 Å². The zero-order chi connectivity index (χ0) is 20.5. The number of aromatic nitrogens is 3. The van der Waals surface area contributed by atoms with Gasteiger partial charge in [0.1, 0.15) is 12.2 Å². The van der Waals surface area contributed by atoms with Crippen molar-refractivity contribution < 1.29 is 4.79 Å². The Morgan fingerprint density at radius 3 is 2.38 bits per heavy atom. The van der Waals surface area contributed by atoms with Crippen molar-refractivity contribution in [2.45, 2.75) is 13.5 Å². The fourth-order valence-electron chi connectivity index (χ4n) is 3.40.